The minimum Gasteiger partial charge on any atom is -0.480 e. The number of carboxylic acid groups (broad SMARTS) is 1. The standard InChI is InChI=1S/C12H15N3O3S2/c1-5-6(2)20-11-9(5)10(16)14-8(15-11)4-19-3-7(13)12(17)18/h7H,3-4,13H2,1-2H3,(H,17,18)(H,14,15,16)/t7-/m0/s1. The number of aliphatic carboxylic acids is 1. The molecule has 0 saturated carbocycles. The molecule has 0 aromatic carbocycles. The Labute approximate surface area is 123 Å². The highest BCUT2D eigenvalue weighted by molar-refractivity contribution is 7.98. The molecule has 6 nitrogen and oxygen atoms in total. The molecule has 0 fully saturated rings. The number of aryl methyl sites for hydroxylation is 2. The Bertz CT molecular complexity index is 708. The Balaban J connectivity index is 2.16. The normalized spacial score (nSPS) is 12.8. The van der Waals surface area contributed by atoms with Crippen molar-refractivity contribution in [3.05, 3.63) is 26.6 Å². The predicted molar refractivity (Wildman–Crippen MR) is 81.5 cm³/mol. The third kappa shape index (κ3) is 3.02. The lowest BCUT2D eigenvalue weighted by Gasteiger charge is -2.05. The summed E-state index contributed by atoms with van der Waals surface area (Å²) in [6.45, 7) is 3.87. The number of aromatic nitrogens is 2. The second kappa shape index (κ2) is 5.94. The van der Waals surface area contributed by atoms with Crippen molar-refractivity contribution in [1.29, 1.82) is 0 Å². The SMILES string of the molecule is Cc1sc2nc(CSC[C@H](N)C(=O)O)[nH]c(=O)c2c1C. The number of nitrogens with one attached hydrogen (secondary N) is 1. The van der Waals surface area contributed by atoms with Crippen molar-refractivity contribution in [3.8, 4) is 0 Å². The second-order valence-corrected chi connectivity index (χ2v) is 6.67. The molecular weight excluding hydrogens is 298 g/mol. The van der Waals surface area contributed by atoms with Crippen LogP contribution in [0.5, 0.6) is 0 Å². The number of thioether (sulfide) groups is 1. The summed E-state index contributed by atoms with van der Waals surface area (Å²) in [7, 11) is 0. The van der Waals surface area contributed by atoms with Crippen LogP contribution in [-0.4, -0.2) is 32.8 Å². The van der Waals surface area contributed by atoms with Gasteiger partial charge in [-0.25, -0.2) is 4.98 Å². The molecule has 8 heteroatoms. The van der Waals surface area contributed by atoms with Crippen LogP contribution in [0.15, 0.2) is 4.79 Å². The van der Waals surface area contributed by atoms with Crippen LogP contribution in [0.3, 0.4) is 0 Å². The summed E-state index contributed by atoms with van der Waals surface area (Å²) in [6.07, 6.45) is 0. The van der Waals surface area contributed by atoms with E-state index in [1.165, 1.54) is 23.1 Å². The largest absolute Gasteiger partial charge is 0.480 e. The van der Waals surface area contributed by atoms with E-state index in [1.807, 2.05) is 13.8 Å². The lowest BCUT2D eigenvalue weighted by molar-refractivity contribution is -0.137. The van der Waals surface area contributed by atoms with Crippen molar-refractivity contribution in [2.45, 2.75) is 25.6 Å². The van der Waals surface area contributed by atoms with E-state index in [0.717, 1.165) is 15.3 Å². The molecule has 0 bridgehead atoms. The quantitative estimate of drug-likeness (QED) is 0.766. The van der Waals surface area contributed by atoms with Gasteiger partial charge in [-0.1, -0.05) is 0 Å². The molecule has 0 aliphatic rings. The highest BCUT2D eigenvalue weighted by Gasteiger charge is 2.14. The van der Waals surface area contributed by atoms with Gasteiger partial charge in [-0.3, -0.25) is 9.59 Å². The molecule has 20 heavy (non-hydrogen) atoms. The predicted octanol–water partition coefficient (Wildman–Crippen LogP) is 1.25. The molecule has 2 aromatic rings. The molecule has 0 amide bonds. The zero-order chi connectivity index (χ0) is 14.9. The van der Waals surface area contributed by atoms with Crippen molar-refractivity contribution in [2.75, 3.05) is 5.75 Å². The van der Waals surface area contributed by atoms with Gasteiger partial charge in [-0.15, -0.1) is 11.3 Å². The molecule has 4 N–H and O–H groups in total. The summed E-state index contributed by atoms with van der Waals surface area (Å²) in [5.41, 5.74) is 6.23. The smallest absolute Gasteiger partial charge is 0.321 e. The summed E-state index contributed by atoms with van der Waals surface area (Å²) in [5, 5.41) is 9.33. The fraction of sp³-hybridized carbons (Fsp3) is 0.417. The number of nitrogens with two attached hydrogens (primary N) is 1. The van der Waals surface area contributed by atoms with Crippen LogP contribution >= 0.6 is 23.1 Å². The first-order valence-corrected chi connectivity index (χ1v) is 7.92. The number of hydrogen-bond donors (Lipinski definition) is 3. The zero-order valence-corrected chi connectivity index (χ0v) is 12.7. The van der Waals surface area contributed by atoms with Crippen molar-refractivity contribution in [2.24, 2.45) is 5.73 Å². The number of nitrogens with zero attached hydrogens (tertiary/aromatic N) is 1. The minimum atomic E-state index is -1.03. The topological polar surface area (TPSA) is 109 Å². The first-order valence-electron chi connectivity index (χ1n) is 5.95. The van der Waals surface area contributed by atoms with Gasteiger partial charge in [0.15, 0.2) is 0 Å². The van der Waals surface area contributed by atoms with E-state index >= 15 is 0 Å². The molecule has 1 atom stereocenters. The molecule has 0 saturated heterocycles. The number of rotatable bonds is 5. The average Bonchev–Trinajstić information content (AvgIpc) is 2.65. The maximum atomic E-state index is 12.0. The summed E-state index contributed by atoms with van der Waals surface area (Å²) in [6, 6.07) is -0.901. The van der Waals surface area contributed by atoms with Crippen molar-refractivity contribution in [1.82, 2.24) is 9.97 Å². The highest BCUT2D eigenvalue weighted by atomic mass is 32.2. The average molecular weight is 313 g/mol. The van der Waals surface area contributed by atoms with Crippen LogP contribution in [0.25, 0.3) is 10.2 Å². The van der Waals surface area contributed by atoms with E-state index < -0.39 is 12.0 Å². The van der Waals surface area contributed by atoms with Crippen LogP contribution in [-0.2, 0) is 10.5 Å². The molecule has 2 heterocycles. The first kappa shape index (κ1) is 15.0. The number of carbonyl (C=O) groups is 1. The number of fused-ring (bicyclic) bond motifs is 1. The molecule has 0 unspecified atom stereocenters. The van der Waals surface area contributed by atoms with Gasteiger partial charge in [-0.05, 0) is 19.4 Å². The molecular formula is C12H15N3O3S2. The highest BCUT2D eigenvalue weighted by Crippen LogP contribution is 2.26. The number of aromatic amines is 1. The van der Waals surface area contributed by atoms with Crippen LogP contribution in [0, 0.1) is 13.8 Å². The number of hydrogen-bond acceptors (Lipinski definition) is 6. The van der Waals surface area contributed by atoms with E-state index in [-0.39, 0.29) is 11.3 Å². The maximum absolute atomic E-state index is 12.0. The van der Waals surface area contributed by atoms with Crippen LogP contribution in [0.4, 0.5) is 0 Å². The number of carboxylic acids is 1. The first-order chi connectivity index (χ1) is 9.40. The Morgan fingerprint density at radius 1 is 1.55 bits per heavy atom. The van der Waals surface area contributed by atoms with Crippen molar-refractivity contribution < 1.29 is 9.90 Å². The Morgan fingerprint density at radius 3 is 2.90 bits per heavy atom. The maximum Gasteiger partial charge on any atom is 0.321 e. The molecule has 2 aromatic heterocycles. The van der Waals surface area contributed by atoms with Crippen molar-refractivity contribution in [3.63, 3.8) is 0 Å². The van der Waals surface area contributed by atoms with Crippen LogP contribution < -0.4 is 11.3 Å². The van der Waals surface area contributed by atoms with E-state index in [4.69, 9.17) is 10.8 Å². The Hall–Kier alpha value is -1.38. The fourth-order valence-electron chi connectivity index (χ4n) is 1.72. The zero-order valence-electron chi connectivity index (χ0n) is 11.1. The molecule has 108 valence electrons. The van der Waals surface area contributed by atoms with Gasteiger partial charge in [0.2, 0.25) is 0 Å². The van der Waals surface area contributed by atoms with Gasteiger partial charge in [0.25, 0.3) is 5.56 Å². The van der Waals surface area contributed by atoms with Crippen LogP contribution in [0.2, 0.25) is 0 Å². The van der Waals surface area contributed by atoms with Gasteiger partial charge >= 0.3 is 5.97 Å². The summed E-state index contributed by atoms with van der Waals surface area (Å²) in [4.78, 5) is 31.6. The van der Waals surface area contributed by atoms with Gasteiger partial charge in [0.1, 0.15) is 16.7 Å². The van der Waals surface area contributed by atoms with E-state index in [9.17, 15) is 9.59 Å². The molecule has 0 aliphatic carbocycles. The third-order valence-corrected chi connectivity index (χ3v) is 5.12. The van der Waals surface area contributed by atoms with Gasteiger partial charge in [0.05, 0.1) is 11.1 Å². The number of H-pyrrole nitrogens is 1. The van der Waals surface area contributed by atoms with Gasteiger partial charge in [0, 0.05) is 10.6 Å². The minimum absolute atomic E-state index is 0.144. The lowest BCUT2D eigenvalue weighted by Crippen LogP contribution is -2.32. The summed E-state index contributed by atoms with van der Waals surface area (Å²) < 4.78 is 0. The van der Waals surface area contributed by atoms with Crippen molar-refractivity contribution >= 4 is 39.3 Å². The van der Waals surface area contributed by atoms with Gasteiger partial charge < -0.3 is 15.8 Å². The van der Waals surface area contributed by atoms with Gasteiger partial charge in [-0.2, -0.15) is 11.8 Å². The molecule has 0 spiro atoms. The summed E-state index contributed by atoms with van der Waals surface area (Å²) in [5.74, 6) is 0.229. The molecule has 0 radical (unpaired) electrons. The second-order valence-electron chi connectivity index (χ2n) is 4.44. The van der Waals surface area contributed by atoms with E-state index in [0.29, 0.717) is 17.0 Å². The molecule has 2 rings (SSSR count). The van der Waals surface area contributed by atoms with E-state index in [1.54, 1.807) is 0 Å². The Morgan fingerprint density at radius 2 is 2.25 bits per heavy atom. The lowest BCUT2D eigenvalue weighted by atomic mass is 10.2. The number of thiophene rings is 1. The Kier molecular flexibility index (Phi) is 4.46. The fourth-order valence-corrected chi connectivity index (χ4v) is 3.61. The molecule has 0 aliphatic heterocycles. The monoisotopic (exact) mass is 313 g/mol. The third-order valence-electron chi connectivity index (χ3n) is 2.94. The van der Waals surface area contributed by atoms with Crippen LogP contribution in [0.1, 0.15) is 16.3 Å². The summed E-state index contributed by atoms with van der Waals surface area (Å²) >= 11 is 2.83. The van der Waals surface area contributed by atoms with E-state index in [2.05, 4.69) is 9.97 Å².